The second-order valence-corrected chi connectivity index (χ2v) is 27.4. The molecule has 0 spiro atoms. The standard InChI is InChI=1S/C67H121N3O18S2/c1-6-10-14-18-22-26-28-32-36-40-44-48-59(72)84-55(46-42-38-34-30-24-20-16-12-8-3)50-58(71)68-62-64(63(88-90(80,81)82)57(53-83-89(77,78)79)86-66(62)70-52-54(5)65(75)69-67(70)76)87-61(74)51-56(47-43-39-35-31-25-21-17-13-9-4)85-60(73)49-45-41-37-33-29-27-23-19-15-11-7-2/h52,55-57,62-64,66H,6-51,53H2,1-5H3,(H,68,71)(H,69,75,76)(H,77,78,79)(H,80,81,82)/t55-,56-,57-,62-,63-,64-,66-/m1/s1. The third kappa shape index (κ3) is 41.1. The second kappa shape index (κ2) is 50.7. The van der Waals surface area contributed by atoms with Gasteiger partial charge in [0.25, 0.3) is 5.56 Å². The fourth-order valence-corrected chi connectivity index (χ4v) is 12.6. The summed E-state index contributed by atoms with van der Waals surface area (Å²) in [5.74, 6) is -3.01. The third-order valence-electron chi connectivity index (χ3n) is 16.9. The lowest BCUT2D eigenvalue weighted by Gasteiger charge is -2.45. The lowest BCUT2D eigenvalue weighted by Crippen LogP contribution is -2.65. The van der Waals surface area contributed by atoms with Crippen LogP contribution in [0, 0.1) is 6.92 Å². The number of carbonyl (C=O) groups is 4. The Morgan fingerprint density at radius 2 is 0.889 bits per heavy atom. The fourth-order valence-electron chi connectivity index (χ4n) is 11.7. The topological polar surface area (TPSA) is 299 Å². The zero-order valence-electron chi connectivity index (χ0n) is 56.0. The van der Waals surface area contributed by atoms with Crippen molar-refractivity contribution in [1.82, 2.24) is 14.9 Å². The molecule has 1 aliphatic heterocycles. The third-order valence-corrected chi connectivity index (χ3v) is 17.8. The van der Waals surface area contributed by atoms with E-state index in [2.05, 4.69) is 42.2 Å². The highest BCUT2D eigenvalue weighted by Gasteiger charge is 2.53. The van der Waals surface area contributed by atoms with Gasteiger partial charge in [-0.15, -0.1) is 0 Å². The van der Waals surface area contributed by atoms with Crippen molar-refractivity contribution in [2.45, 2.75) is 373 Å². The molecule has 1 aromatic rings. The molecule has 1 amide bonds. The van der Waals surface area contributed by atoms with Crippen molar-refractivity contribution in [2.24, 2.45) is 0 Å². The van der Waals surface area contributed by atoms with Gasteiger partial charge in [-0.05, 0) is 45.4 Å². The first kappa shape index (κ1) is 82.4. The molecule has 0 unspecified atom stereocenters. The van der Waals surface area contributed by atoms with E-state index >= 15 is 0 Å². The Labute approximate surface area is 541 Å². The zero-order valence-corrected chi connectivity index (χ0v) is 57.7. The lowest BCUT2D eigenvalue weighted by molar-refractivity contribution is -0.222. The molecule has 1 aromatic heterocycles. The van der Waals surface area contributed by atoms with Crippen molar-refractivity contribution in [2.75, 3.05) is 6.61 Å². The van der Waals surface area contributed by atoms with Crippen molar-refractivity contribution in [3.05, 3.63) is 32.6 Å². The Balaban J connectivity index is 2.56. The molecule has 4 N–H and O–H groups in total. The minimum Gasteiger partial charge on any atom is -0.462 e. The highest BCUT2D eigenvalue weighted by Crippen LogP contribution is 2.34. The smallest absolute Gasteiger partial charge is 0.397 e. The molecule has 1 fully saturated rings. The summed E-state index contributed by atoms with van der Waals surface area (Å²) >= 11 is 0. The number of aromatic amines is 1. The van der Waals surface area contributed by atoms with Gasteiger partial charge >= 0.3 is 44.4 Å². The van der Waals surface area contributed by atoms with Crippen molar-refractivity contribution in [3.63, 3.8) is 0 Å². The van der Waals surface area contributed by atoms with Crippen LogP contribution < -0.4 is 16.6 Å². The number of hydrogen-bond donors (Lipinski definition) is 4. The molecule has 0 radical (unpaired) electrons. The first-order valence-corrected chi connectivity index (χ1v) is 38.1. The molecular weight excluding hydrogens is 1200 g/mol. The molecule has 0 aliphatic carbocycles. The number of hydrogen-bond acceptors (Lipinski definition) is 16. The van der Waals surface area contributed by atoms with Crippen LogP contribution in [-0.4, -0.2) is 102 Å². The maximum absolute atomic E-state index is 14.7. The van der Waals surface area contributed by atoms with Gasteiger partial charge in [-0.25, -0.2) is 13.2 Å². The normalized spacial score (nSPS) is 17.7. The molecule has 0 bridgehead atoms. The van der Waals surface area contributed by atoms with E-state index in [1.807, 2.05) is 0 Å². The van der Waals surface area contributed by atoms with Crippen LogP contribution in [0.15, 0.2) is 15.8 Å². The molecular formula is C67H121N3O18S2. The van der Waals surface area contributed by atoms with Gasteiger partial charge in [0.1, 0.15) is 30.5 Å². The molecule has 7 atom stereocenters. The van der Waals surface area contributed by atoms with Gasteiger partial charge in [-0.3, -0.25) is 42.6 Å². The van der Waals surface area contributed by atoms with Crippen LogP contribution in [0.4, 0.5) is 0 Å². The van der Waals surface area contributed by atoms with Gasteiger partial charge in [-0.1, -0.05) is 259 Å². The van der Waals surface area contributed by atoms with Gasteiger partial charge in [0.05, 0.1) is 19.4 Å². The molecule has 21 nitrogen and oxygen atoms in total. The number of carbonyl (C=O) groups excluding carboxylic acids is 4. The number of ether oxygens (including phenoxy) is 4. The predicted molar refractivity (Wildman–Crippen MR) is 351 cm³/mol. The number of nitrogens with zero attached hydrogens (tertiary/aromatic N) is 1. The Morgan fingerprint density at radius 1 is 0.522 bits per heavy atom. The molecule has 0 saturated carbocycles. The highest BCUT2D eigenvalue weighted by atomic mass is 32.3. The SMILES string of the molecule is CCCCCCCCCCCCCC(=O)O[C@H](CCCCCCCCCCC)CC(=O)N[C@@H]1[C@@H](OC(=O)C[C@@H](CCCCCCCCCCC)OC(=O)CCCCCCCCCCCCC)[C@H](OS(=O)(=O)O)[C@@H](COS(=O)(=O)O)O[C@H]1n1cc(C)c(=O)[nH]c1=O. The molecule has 2 rings (SSSR count). The molecule has 90 heavy (non-hydrogen) atoms. The highest BCUT2D eigenvalue weighted by molar-refractivity contribution is 7.81. The Hall–Kier alpha value is -3.74. The summed E-state index contributed by atoms with van der Waals surface area (Å²) in [6.07, 6.45) is 32.1. The maximum atomic E-state index is 14.7. The van der Waals surface area contributed by atoms with Crippen LogP contribution in [0.5, 0.6) is 0 Å². The van der Waals surface area contributed by atoms with Crippen LogP contribution in [0.1, 0.15) is 335 Å². The zero-order chi connectivity index (χ0) is 66.3. The largest absolute Gasteiger partial charge is 0.462 e. The molecule has 2 heterocycles. The van der Waals surface area contributed by atoms with E-state index in [1.54, 1.807) is 0 Å². The average Bonchev–Trinajstić information content (AvgIpc) is 0.768. The molecule has 1 aliphatic rings. The van der Waals surface area contributed by atoms with Crippen LogP contribution in [0.3, 0.4) is 0 Å². The van der Waals surface area contributed by atoms with Crippen LogP contribution in [0.2, 0.25) is 0 Å². The number of nitrogens with one attached hydrogen (secondary N) is 2. The molecule has 0 aromatic carbocycles. The average molecular weight is 1320 g/mol. The summed E-state index contributed by atoms with van der Waals surface area (Å²) in [4.78, 5) is 85.1. The predicted octanol–water partition coefficient (Wildman–Crippen LogP) is 15.0. The van der Waals surface area contributed by atoms with Gasteiger partial charge in [0.15, 0.2) is 12.3 Å². The maximum Gasteiger partial charge on any atom is 0.397 e. The first-order valence-electron chi connectivity index (χ1n) is 35.3. The van der Waals surface area contributed by atoms with Gasteiger partial charge < -0.3 is 24.3 Å². The number of rotatable bonds is 58. The summed E-state index contributed by atoms with van der Waals surface area (Å²) < 4.78 is 104. The van der Waals surface area contributed by atoms with Crippen LogP contribution in [0.25, 0.3) is 0 Å². The number of H-pyrrole nitrogens is 1. The first-order chi connectivity index (χ1) is 43.2. The Bertz CT molecular complexity index is 2420. The van der Waals surface area contributed by atoms with Crippen molar-refractivity contribution < 1.29 is 72.4 Å². The molecule has 1 saturated heterocycles. The Morgan fingerprint density at radius 3 is 1.27 bits per heavy atom. The molecule has 524 valence electrons. The number of unbranched alkanes of at least 4 members (excludes halogenated alkanes) is 36. The summed E-state index contributed by atoms with van der Waals surface area (Å²) in [6.45, 7) is 8.80. The van der Waals surface area contributed by atoms with Gasteiger partial charge in [0.2, 0.25) is 5.91 Å². The summed E-state index contributed by atoms with van der Waals surface area (Å²) in [6, 6.07) is -1.88. The minimum atomic E-state index is -5.59. The summed E-state index contributed by atoms with van der Waals surface area (Å²) in [7, 11) is -10.9. The van der Waals surface area contributed by atoms with Crippen LogP contribution in [-0.2, 0) is 67.3 Å². The van der Waals surface area contributed by atoms with E-state index in [9.17, 15) is 54.7 Å². The quantitative estimate of drug-likeness (QED) is 0.0204. The van der Waals surface area contributed by atoms with Crippen molar-refractivity contribution >= 4 is 44.6 Å². The number of aromatic nitrogens is 2. The van der Waals surface area contributed by atoms with E-state index in [1.165, 1.54) is 103 Å². The van der Waals surface area contributed by atoms with Crippen molar-refractivity contribution in [1.29, 1.82) is 0 Å². The number of aryl methyl sites for hydroxylation is 1. The summed E-state index contributed by atoms with van der Waals surface area (Å²) in [5.41, 5.74) is -1.99. The number of amides is 1. The van der Waals surface area contributed by atoms with Gasteiger partial charge in [0, 0.05) is 24.6 Å². The minimum absolute atomic E-state index is 0.0566. The van der Waals surface area contributed by atoms with Crippen molar-refractivity contribution in [3.8, 4) is 0 Å². The monoisotopic (exact) mass is 1320 g/mol. The summed E-state index contributed by atoms with van der Waals surface area (Å²) in [5, 5.41) is 2.70. The van der Waals surface area contributed by atoms with Crippen LogP contribution >= 0.6 is 0 Å². The van der Waals surface area contributed by atoms with E-state index in [4.69, 9.17) is 23.1 Å². The Kier molecular flexibility index (Phi) is 46.4. The van der Waals surface area contributed by atoms with E-state index in [0.29, 0.717) is 25.7 Å². The lowest BCUT2D eigenvalue weighted by atomic mass is 9.94. The van der Waals surface area contributed by atoms with E-state index in [-0.39, 0.29) is 31.2 Å². The fraction of sp³-hybridized carbons (Fsp3) is 0.881. The van der Waals surface area contributed by atoms with E-state index in [0.717, 1.165) is 146 Å². The molecule has 23 heteroatoms. The number of esters is 3. The second-order valence-electron chi connectivity index (χ2n) is 25.2. The van der Waals surface area contributed by atoms with Gasteiger partial charge in [-0.2, -0.15) is 16.8 Å². The van der Waals surface area contributed by atoms with E-state index < -0.39 is 118 Å².